The van der Waals surface area contributed by atoms with Crippen molar-refractivity contribution in [3.05, 3.63) is 217 Å². The van der Waals surface area contributed by atoms with Gasteiger partial charge in [-0.05, 0) is 144 Å². The first kappa shape index (κ1) is 39.5. The second-order valence-corrected chi connectivity index (χ2v) is 16.8. The van der Waals surface area contributed by atoms with Crippen molar-refractivity contribution in [2.45, 2.75) is 47.1 Å². The molecule has 0 heterocycles. The molecule has 1 nitrogen and oxygen atoms in total. The molecule has 0 aliphatic rings. The fraction of sp³-hybridized carbons (Fsp3) is 0.133. The topological polar surface area (TPSA) is 3.24 Å². The van der Waals surface area contributed by atoms with Crippen molar-refractivity contribution in [3.63, 3.8) is 0 Å². The van der Waals surface area contributed by atoms with Crippen molar-refractivity contribution in [1.82, 2.24) is 0 Å². The van der Waals surface area contributed by atoms with Crippen LogP contribution < -0.4 is 4.90 Å². The van der Waals surface area contributed by atoms with E-state index < -0.39 is 0 Å². The molecule has 10 rings (SSSR count). The average molecular weight is 788 g/mol. The first-order chi connectivity index (χ1) is 29.9. The van der Waals surface area contributed by atoms with E-state index in [0.717, 1.165) is 5.92 Å². The van der Waals surface area contributed by atoms with E-state index in [4.69, 9.17) is 0 Å². The van der Waals surface area contributed by atoms with E-state index in [2.05, 4.69) is 246 Å². The van der Waals surface area contributed by atoms with Gasteiger partial charge in [0.1, 0.15) is 0 Å². The van der Waals surface area contributed by atoms with E-state index in [1.807, 2.05) is 0 Å². The SMILES string of the molecule is CCC(C)C.Cc1ccccc1N(c1ccccc1)C(C)c1ccc(-c2ccc3c(-c4ccc5ccccc5c4)c4ccccc4c(-c4ccc5ccccc5c4)c3c2)cc1. The van der Waals surface area contributed by atoms with E-state index >= 15 is 0 Å². The van der Waals surface area contributed by atoms with Crippen molar-refractivity contribution in [2.24, 2.45) is 5.92 Å². The van der Waals surface area contributed by atoms with Gasteiger partial charge < -0.3 is 4.90 Å². The minimum Gasteiger partial charge on any atom is -0.334 e. The quantitative estimate of drug-likeness (QED) is 0.139. The fourth-order valence-electron chi connectivity index (χ4n) is 8.77. The molecule has 1 atom stereocenters. The Balaban J connectivity index is 0.000000902. The third kappa shape index (κ3) is 7.93. The van der Waals surface area contributed by atoms with Crippen molar-refractivity contribution in [3.8, 4) is 33.4 Å². The Kier molecular flexibility index (Phi) is 11.2. The highest BCUT2D eigenvalue weighted by Crippen LogP contribution is 2.46. The number of fused-ring (bicyclic) bond motifs is 4. The maximum absolute atomic E-state index is 2.45. The van der Waals surface area contributed by atoms with Gasteiger partial charge in [0.15, 0.2) is 0 Å². The number of hydrogen-bond acceptors (Lipinski definition) is 1. The smallest absolute Gasteiger partial charge is 0.0563 e. The van der Waals surface area contributed by atoms with Gasteiger partial charge in [-0.25, -0.2) is 0 Å². The summed E-state index contributed by atoms with van der Waals surface area (Å²) in [4.78, 5) is 2.45. The zero-order chi connectivity index (χ0) is 41.9. The molecule has 0 radical (unpaired) electrons. The molecule has 298 valence electrons. The molecule has 10 aromatic carbocycles. The molecular weight excluding hydrogens is 735 g/mol. The lowest BCUT2D eigenvalue weighted by molar-refractivity contribution is 0.626. The number of nitrogens with zero attached hydrogens (tertiary/aromatic N) is 1. The molecule has 1 unspecified atom stereocenters. The largest absolute Gasteiger partial charge is 0.334 e. The number of benzene rings is 10. The second-order valence-electron chi connectivity index (χ2n) is 16.8. The standard InChI is InChI=1S/C55H41N.C5H12/c1-37-14-6-13-23-53(37)56(48-19-4-3-5-20-48)38(2)39-24-26-42(27-25-39)45-32-33-51-52(36-45)55(47-31-29-41-16-8-10-18-44(41)35-47)50-22-12-11-21-49(50)54(51)46-30-28-40-15-7-9-17-43(40)34-46;1-4-5(2)3/h3-36,38H,1-2H3;5H,4H2,1-3H3. The van der Waals surface area contributed by atoms with E-state index in [1.54, 1.807) is 0 Å². The highest BCUT2D eigenvalue weighted by atomic mass is 15.2. The predicted octanol–water partition coefficient (Wildman–Crippen LogP) is 17.6. The summed E-state index contributed by atoms with van der Waals surface area (Å²) in [7, 11) is 0. The second kappa shape index (κ2) is 17.3. The van der Waals surface area contributed by atoms with Gasteiger partial charge in [-0.1, -0.05) is 197 Å². The van der Waals surface area contributed by atoms with Crippen molar-refractivity contribution < 1.29 is 0 Å². The summed E-state index contributed by atoms with van der Waals surface area (Å²) in [6, 6.07) is 76.0. The van der Waals surface area contributed by atoms with Gasteiger partial charge in [0, 0.05) is 11.4 Å². The summed E-state index contributed by atoms with van der Waals surface area (Å²) in [6.45, 7) is 11.1. The zero-order valence-electron chi connectivity index (χ0n) is 35.9. The highest BCUT2D eigenvalue weighted by molar-refractivity contribution is 6.22. The Bertz CT molecular complexity index is 3120. The van der Waals surface area contributed by atoms with Crippen LogP contribution >= 0.6 is 0 Å². The van der Waals surface area contributed by atoms with Gasteiger partial charge in [-0.15, -0.1) is 0 Å². The van der Waals surface area contributed by atoms with Crippen LogP contribution in [0.25, 0.3) is 76.5 Å². The molecule has 61 heavy (non-hydrogen) atoms. The highest BCUT2D eigenvalue weighted by Gasteiger charge is 2.21. The van der Waals surface area contributed by atoms with Crippen LogP contribution in [0.15, 0.2) is 206 Å². The van der Waals surface area contributed by atoms with Crippen LogP contribution in [0.2, 0.25) is 0 Å². The minimum absolute atomic E-state index is 0.125. The molecule has 0 amide bonds. The van der Waals surface area contributed by atoms with Gasteiger partial charge in [0.05, 0.1) is 6.04 Å². The van der Waals surface area contributed by atoms with E-state index in [-0.39, 0.29) is 6.04 Å². The lowest BCUT2D eigenvalue weighted by Crippen LogP contribution is -2.22. The molecule has 0 fully saturated rings. The number of rotatable bonds is 8. The van der Waals surface area contributed by atoms with Crippen LogP contribution in [0.3, 0.4) is 0 Å². The summed E-state index contributed by atoms with van der Waals surface area (Å²) in [6.07, 6.45) is 1.31. The fourth-order valence-corrected chi connectivity index (χ4v) is 8.77. The molecule has 0 N–H and O–H groups in total. The van der Waals surface area contributed by atoms with Crippen LogP contribution in [0.4, 0.5) is 11.4 Å². The Morgan fingerprint density at radius 2 is 0.852 bits per heavy atom. The van der Waals surface area contributed by atoms with Crippen molar-refractivity contribution in [2.75, 3.05) is 4.90 Å². The number of anilines is 2. The van der Waals surface area contributed by atoms with Gasteiger partial charge in [0.25, 0.3) is 0 Å². The van der Waals surface area contributed by atoms with Crippen LogP contribution in [0.5, 0.6) is 0 Å². The summed E-state index contributed by atoms with van der Waals surface area (Å²) in [5.74, 6) is 0.884. The Hall–Kier alpha value is -6.96. The van der Waals surface area contributed by atoms with Gasteiger partial charge in [0.2, 0.25) is 0 Å². The first-order valence-electron chi connectivity index (χ1n) is 21.8. The lowest BCUT2D eigenvalue weighted by atomic mass is 9.84. The molecule has 1 heteroatoms. The molecule has 10 aromatic rings. The van der Waals surface area contributed by atoms with Crippen molar-refractivity contribution in [1.29, 1.82) is 0 Å². The predicted molar refractivity (Wildman–Crippen MR) is 266 cm³/mol. The average Bonchev–Trinajstić information content (AvgIpc) is 3.31. The molecular formula is C60H53N. The van der Waals surface area contributed by atoms with Crippen LogP contribution in [-0.4, -0.2) is 0 Å². The monoisotopic (exact) mass is 787 g/mol. The van der Waals surface area contributed by atoms with Crippen LogP contribution in [-0.2, 0) is 0 Å². The molecule has 0 aliphatic carbocycles. The van der Waals surface area contributed by atoms with Crippen molar-refractivity contribution >= 4 is 54.5 Å². The lowest BCUT2D eigenvalue weighted by Gasteiger charge is -2.33. The third-order valence-corrected chi connectivity index (χ3v) is 12.4. The molecule has 0 saturated heterocycles. The molecule has 0 aliphatic heterocycles. The summed E-state index contributed by atoms with van der Waals surface area (Å²) in [5.41, 5.74) is 12.4. The van der Waals surface area contributed by atoms with Gasteiger partial charge in [-0.3, -0.25) is 0 Å². The molecule has 0 saturated carbocycles. The summed E-state index contributed by atoms with van der Waals surface area (Å²) in [5, 5.41) is 10.0. The minimum atomic E-state index is 0.125. The van der Waals surface area contributed by atoms with E-state index in [9.17, 15) is 0 Å². The third-order valence-electron chi connectivity index (χ3n) is 12.4. The number of para-hydroxylation sites is 2. The van der Waals surface area contributed by atoms with Gasteiger partial charge in [-0.2, -0.15) is 0 Å². The summed E-state index contributed by atoms with van der Waals surface area (Å²) >= 11 is 0. The zero-order valence-corrected chi connectivity index (χ0v) is 35.9. The van der Waals surface area contributed by atoms with E-state index in [1.165, 1.54) is 105 Å². The molecule has 0 spiro atoms. The maximum atomic E-state index is 2.45. The number of aryl methyl sites for hydroxylation is 1. The van der Waals surface area contributed by atoms with Crippen LogP contribution in [0, 0.1) is 12.8 Å². The summed E-state index contributed by atoms with van der Waals surface area (Å²) < 4.78 is 0. The Morgan fingerprint density at radius 1 is 0.393 bits per heavy atom. The Labute approximate surface area is 361 Å². The molecule has 0 bridgehead atoms. The maximum Gasteiger partial charge on any atom is 0.0563 e. The Morgan fingerprint density at radius 3 is 1.43 bits per heavy atom. The van der Waals surface area contributed by atoms with Crippen LogP contribution in [0.1, 0.15) is 51.3 Å². The van der Waals surface area contributed by atoms with Gasteiger partial charge >= 0.3 is 0 Å². The van der Waals surface area contributed by atoms with E-state index in [0.29, 0.717) is 0 Å². The molecule has 0 aromatic heterocycles. The normalized spacial score (nSPS) is 11.8. The number of hydrogen-bond donors (Lipinski definition) is 0. The first-order valence-corrected chi connectivity index (χ1v) is 21.8.